The maximum absolute atomic E-state index is 13.2. The molecule has 7 nitrogen and oxygen atoms in total. The van der Waals surface area contributed by atoms with Crippen molar-refractivity contribution in [2.75, 3.05) is 21.3 Å². The molecule has 0 saturated heterocycles. The van der Waals surface area contributed by atoms with Gasteiger partial charge >= 0.3 is 0 Å². The first-order valence-corrected chi connectivity index (χ1v) is 10.3. The van der Waals surface area contributed by atoms with Gasteiger partial charge in [-0.25, -0.2) is 9.07 Å². The Balaban J connectivity index is 1.60. The van der Waals surface area contributed by atoms with Crippen molar-refractivity contribution in [3.05, 3.63) is 52.6 Å². The van der Waals surface area contributed by atoms with E-state index in [2.05, 4.69) is 10.00 Å². The highest BCUT2D eigenvalue weighted by Gasteiger charge is 2.30. The van der Waals surface area contributed by atoms with Gasteiger partial charge in [0.1, 0.15) is 5.82 Å². The Labute approximate surface area is 184 Å². The van der Waals surface area contributed by atoms with E-state index in [0.717, 1.165) is 18.4 Å². The van der Waals surface area contributed by atoms with Gasteiger partial charge in [0.05, 0.1) is 28.0 Å². The number of halogens is 1. The molecule has 0 aliphatic heterocycles. The first-order valence-electron chi connectivity index (χ1n) is 9.89. The van der Waals surface area contributed by atoms with Crippen LogP contribution >= 0.6 is 12.2 Å². The van der Waals surface area contributed by atoms with Gasteiger partial charge < -0.3 is 18.6 Å². The minimum atomic E-state index is -0.240. The van der Waals surface area contributed by atoms with Gasteiger partial charge in [0.2, 0.25) is 11.6 Å². The molecule has 3 aromatic rings. The van der Waals surface area contributed by atoms with Crippen LogP contribution in [-0.2, 0) is 13.2 Å². The summed E-state index contributed by atoms with van der Waals surface area (Å²) >= 11 is 5.42. The van der Waals surface area contributed by atoms with E-state index in [1.54, 1.807) is 50.3 Å². The van der Waals surface area contributed by atoms with Crippen LogP contribution in [0.4, 0.5) is 4.39 Å². The van der Waals surface area contributed by atoms with Crippen LogP contribution in [0.15, 0.2) is 40.8 Å². The van der Waals surface area contributed by atoms with Gasteiger partial charge in [-0.15, -0.1) is 5.10 Å². The second-order valence-electron chi connectivity index (χ2n) is 7.33. The molecule has 0 spiro atoms. The Hall–Kier alpha value is -2.91. The number of methoxy groups -OCH3 is 3. The van der Waals surface area contributed by atoms with Crippen LogP contribution in [0.5, 0.6) is 17.2 Å². The lowest BCUT2D eigenvalue weighted by Gasteiger charge is -2.21. The summed E-state index contributed by atoms with van der Waals surface area (Å²) in [7, 11) is 4.66. The van der Waals surface area contributed by atoms with Gasteiger partial charge in [-0.05, 0) is 54.9 Å². The Morgan fingerprint density at radius 1 is 1.10 bits per heavy atom. The fraction of sp³-hybridized carbons (Fsp3) is 0.364. The van der Waals surface area contributed by atoms with Gasteiger partial charge in [-0.2, -0.15) is 0 Å². The third-order valence-electron chi connectivity index (χ3n) is 5.20. The van der Waals surface area contributed by atoms with Gasteiger partial charge in [0, 0.05) is 18.2 Å². The molecule has 1 aliphatic rings. The second-order valence-corrected chi connectivity index (χ2v) is 7.68. The maximum atomic E-state index is 13.2. The third-order valence-corrected chi connectivity index (χ3v) is 5.49. The summed E-state index contributed by atoms with van der Waals surface area (Å²) in [5.41, 5.74) is 1.70. The molecule has 1 aliphatic carbocycles. The minimum absolute atomic E-state index is 0.240. The van der Waals surface area contributed by atoms with Gasteiger partial charge in [-0.1, -0.05) is 12.1 Å². The molecular weight excluding hydrogens is 421 g/mol. The number of hydrogen-bond acceptors (Lipinski definition) is 7. The van der Waals surface area contributed by atoms with Crippen LogP contribution in [0.3, 0.4) is 0 Å². The fourth-order valence-corrected chi connectivity index (χ4v) is 3.62. The molecule has 0 atom stereocenters. The zero-order valence-corrected chi connectivity index (χ0v) is 18.4. The average molecular weight is 446 g/mol. The van der Waals surface area contributed by atoms with Crippen molar-refractivity contribution in [1.29, 1.82) is 0 Å². The molecule has 164 valence electrons. The third kappa shape index (κ3) is 4.72. The molecule has 9 heteroatoms. The summed E-state index contributed by atoms with van der Waals surface area (Å²) in [5.74, 6) is 1.62. The van der Waals surface area contributed by atoms with Crippen LogP contribution in [0.25, 0.3) is 11.5 Å². The molecule has 1 fully saturated rings. The van der Waals surface area contributed by atoms with Crippen LogP contribution in [0, 0.1) is 10.7 Å². The van der Waals surface area contributed by atoms with E-state index in [0.29, 0.717) is 48.0 Å². The molecule has 0 bridgehead atoms. The minimum Gasteiger partial charge on any atom is -0.493 e. The van der Waals surface area contributed by atoms with E-state index in [9.17, 15) is 4.39 Å². The molecule has 0 amide bonds. The lowest BCUT2D eigenvalue weighted by molar-refractivity contribution is 0.184. The Bertz CT molecular complexity index is 1080. The Kier molecular flexibility index (Phi) is 6.24. The predicted octanol–water partition coefficient (Wildman–Crippen LogP) is 4.66. The molecule has 4 rings (SSSR count). The van der Waals surface area contributed by atoms with Crippen molar-refractivity contribution in [2.24, 2.45) is 0 Å². The van der Waals surface area contributed by atoms with E-state index in [-0.39, 0.29) is 10.7 Å². The van der Waals surface area contributed by atoms with E-state index in [1.165, 1.54) is 12.1 Å². The zero-order valence-electron chi connectivity index (χ0n) is 17.6. The first-order chi connectivity index (χ1) is 15.0. The summed E-state index contributed by atoms with van der Waals surface area (Å²) < 4.78 is 36.9. The molecule has 2 aromatic carbocycles. The molecule has 0 N–H and O–H groups in total. The number of ether oxygens (including phenoxy) is 3. The highest BCUT2D eigenvalue weighted by molar-refractivity contribution is 7.71. The molecule has 1 aromatic heterocycles. The lowest BCUT2D eigenvalue weighted by Crippen LogP contribution is -2.28. The van der Waals surface area contributed by atoms with Crippen LogP contribution < -0.4 is 14.2 Å². The highest BCUT2D eigenvalue weighted by Crippen LogP contribution is 2.41. The lowest BCUT2D eigenvalue weighted by atomic mass is 10.2. The van der Waals surface area contributed by atoms with Crippen molar-refractivity contribution in [3.63, 3.8) is 0 Å². The van der Waals surface area contributed by atoms with Gasteiger partial charge in [0.25, 0.3) is 4.84 Å². The summed E-state index contributed by atoms with van der Waals surface area (Å²) in [4.78, 5) is 2.54. The van der Waals surface area contributed by atoms with E-state index >= 15 is 0 Å². The first kappa shape index (κ1) is 21.3. The van der Waals surface area contributed by atoms with Crippen LogP contribution in [0.1, 0.15) is 18.4 Å². The Morgan fingerprint density at radius 3 is 2.29 bits per heavy atom. The predicted molar refractivity (Wildman–Crippen MR) is 115 cm³/mol. The van der Waals surface area contributed by atoms with E-state index < -0.39 is 0 Å². The summed E-state index contributed by atoms with van der Waals surface area (Å²) in [5, 5.41) is 4.58. The second kappa shape index (κ2) is 9.07. The molecule has 0 unspecified atom stereocenters. The fourth-order valence-electron chi connectivity index (χ4n) is 3.45. The number of hydrogen-bond donors (Lipinski definition) is 0. The SMILES string of the molecule is COc1cc(-c2nn(CN(Cc3ccc(F)cc3)C3CC3)c(=S)o2)cc(OC)c1OC. The monoisotopic (exact) mass is 445 g/mol. The summed E-state index contributed by atoms with van der Waals surface area (Å²) in [6, 6.07) is 10.5. The standard InChI is InChI=1S/C22H24FN3O4S/c1-27-18-10-15(11-19(28-2)20(18)29-3)21-24-26(22(31)30-21)13-25(17-8-9-17)12-14-4-6-16(23)7-5-14/h4-7,10-11,17H,8-9,12-13H2,1-3H3. The van der Waals surface area contributed by atoms with Gasteiger partial charge in [-0.3, -0.25) is 4.90 Å². The molecular formula is C22H24FN3O4S. The highest BCUT2D eigenvalue weighted by atomic mass is 32.1. The smallest absolute Gasteiger partial charge is 0.288 e. The Morgan fingerprint density at radius 2 is 1.74 bits per heavy atom. The number of rotatable bonds is 9. The molecule has 1 heterocycles. The van der Waals surface area contributed by atoms with Crippen molar-refractivity contribution in [1.82, 2.24) is 14.7 Å². The quantitative estimate of drug-likeness (QED) is 0.444. The van der Waals surface area contributed by atoms with Crippen molar-refractivity contribution in [2.45, 2.75) is 32.1 Å². The van der Waals surface area contributed by atoms with Crippen LogP contribution in [-0.4, -0.2) is 42.1 Å². The summed E-state index contributed by atoms with van der Waals surface area (Å²) in [6.07, 6.45) is 2.23. The molecule has 0 radical (unpaired) electrons. The van der Waals surface area contributed by atoms with Crippen LogP contribution in [0.2, 0.25) is 0 Å². The van der Waals surface area contributed by atoms with Crippen molar-refractivity contribution in [3.8, 4) is 28.7 Å². The number of nitrogens with zero attached hydrogens (tertiary/aromatic N) is 3. The molecule has 31 heavy (non-hydrogen) atoms. The molecule has 1 saturated carbocycles. The van der Waals surface area contributed by atoms with Crippen molar-refractivity contribution < 1.29 is 23.0 Å². The topological polar surface area (TPSA) is 61.9 Å². The number of aromatic nitrogens is 2. The number of benzene rings is 2. The largest absolute Gasteiger partial charge is 0.493 e. The van der Waals surface area contributed by atoms with Gasteiger partial charge in [0.15, 0.2) is 11.5 Å². The maximum Gasteiger partial charge on any atom is 0.288 e. The average Bonchev–Trinajstić information content (AvgIpc) is 3.57. The zero-order chi connectivity index (χ0) is 22.0. The van der Waals surface area contributed by atoms with E-state index in [4.69, 9.17) is 30.8 Å². The van der Waals surface area contributed by atoms with E-state index in [1.807, 2.05) is 0 Å². The summed E-state index contributed by atoms with van der Waals surface area (Å²) in [6.45, 7) is 1.16. The van der Waals surface area contributed by atoms with Crippen molar-refractivity contribution >= 4 is 12.2 Å². The normalized spacial score (nSPS) is 13.5.